The molecule has 18 heavy (non-hydrogen) atoms. The summed E-state index contributed by atoms with van der Waals surface area (Å²) in [6.45, 7) is 1.62. The quantitative estimate of drug-likeness (QED) is 0.726. The third kappa shape index (κ3) is 2.46. The molecule has 0 saturated carbocycles. The molecule has 0 saturated heterocycles. The minimum atomic E-state index is -0.561. The normalized spacial score (nSPS) is 10.4. The van der Waals surface area contributed by atoms with Gasteiger partial charge in [0.2, 0.25) is 0 Å². The highest BCUT2D eigenvalue weighted by Crippen LogP contribution is 2.31. The van der Waals surface area contributed by atoms with Crippen LogP contribution in [-0.2, 0) is 5.88 Å². The highest BCUT2D eigenvalue weighted by atomic mass is 35.5. The summed E-state index contributed by atoms with van der Waals surface area (Å²) in [7, 11) is 0. The lowest BCUT2D eigenvalue weighted by Gasteiger charge is -2.11. The van der Waals surface area contributed by atoms with Crippen LogP contribution in [0.25, 0.3) is 0 Å². The number of alkyl halides is 1. The largest absolute Gasteiger partial charge is 0.451 e. The van der Waals surface area contributed by atoms with Crippen molar-refractivity contribution in [3.05, 3.63) is 59.2 Å². The van der Waals surface area contributed by atoms with E-state index >= 15 is 0 Å². The monoisotopic (exact) mass is 268 g/mol. The van der Waals surface area contributed by atoms with Crippen molar-refractivity contribution in [2.24, 2.45) is 0 Å². The van der Waals surface area contributed by atoms with E-state index in [0.29, 0.717) is 11.1 Å². The van der Waals surface area contributed by atoms with E-state index in [2.05, 4.69) is 0 Å². The minimum Gasteiger partial charge on any atom is -0.451 e. The van der Waals surface area contributed by atoms with E-state index in [1.807, 2.05) is 0 Å². The Hall–Kier alpha value is -1.61. The molecular formula is C14H11ClF2O. The standard InChI is InChI=1S/C14H11ClF2O/c1-9-4-2-7-12(13(9)17)18-14-10(8-15)5-3-6-11(14)16/h2-7H,8H2,1H3. The van der Waals surface area contributed by atoms with Crippen molar-refractivity contribution in [1.29, 1.82) is 0 Å². The highest BCUT2D eigenvalue weighted by Gasteiger charge is 2.13. The first-order chi connectivity index (χ1) is 8.63. The topological polar surface area (TPSA) is 9.23 Å². The van der Waals surface area contributed by atoms with Gasteiger partial charge in [-0.1, -0.05) is 24.3 Å². The summed E-state index contributed by atoms with van der Waals surface area (Å²) < 4.78 is 32.7. The molecule has 0 aliphatic carbocycles. The molecule has 0 bridgehead atoms. The summed E-state index contributed by atoms with van der Waals surface area (Å²) in [6.07, 6.45) is 0. The molecule has 0 N–H and O–H groups in total. The number of ether oxygens (including phenoxy) is 1. The Bertz CT molecular complexity index is 570. The van der Waals surface area contributed by atoms with Gasteiger partial charge in [0, 0.05) is 5.56 Å². The molecule has 0 amide bonds. The van der Waals surface area contributed by atoms with Crippen molar-refractivity contribution in [3.8, 4) is 11.5 Å². The molecule has 2 aromatic rings. The number of aryl methyl sites for hydroxylation is 1. The maximum atomic E-state index is 13.8. The van der Waals surface area contributed by atoms with Gasteiger partial charge in [-0.25, -0.2) is 8.78 Å². The molecule has 2 aromatic carbocycles. The maximum Gasteiger partial charge on any atom is 0.168 e. The van der Waals surface area contributed by atoms with Crippen molar-refractivity contribution in [3.63, 3.8) is 0 Å². The SMILES string of the molecule is Cc1cccc(Oc2c(F)cccc2CCl)c1F. The summed E-state index contributed by atoms with van der Waals surface area (Å²) in [5.41, 5.74) is 0.925. The van der Waals surface area contributed by atoms with Crippen molar-refractivity contribution in [1.82, 2.24) is 0 Å². The van der Waals surface area contributed by atoms with Gasteiger partial charge in [-0.05, 0) is 24.6 Å². The van der Waals surface area contributed by atoms with E-state index in [9.17, 15) is 8.78 Å². The van der Waals surface area contributed by atoms with Crippen molar-refractivity contribution in [2.45, 2.75) is 12.8 Å². The molecule has 0 atom stereocenters. The van der Waals surface area contributed by atoms with Crippen LogP contribution < -0.4 is 4.74 Å². The second-order valence-electron chi connectivity index (χ2n) is 3.85. The number of hydrogen-bond acceptors (Lipinski definition) is 1. The molecule has 0 aliphatic rings. The molecule has 2 rings (SSSR count). The average Bonchev–Trinajstić information content (AvgIpc) is 2.37. The van der Waals surface area contributed by atoms with Crippen LogP contribution in [0.1, 0.15) is 11.1 Å². The Morgan fingerprint density at radius 3 is 2.56 bits per heavy atom. The zero-order chi connectivity index (χ0) is 13.1. The maximum absolute atomic E-state index is 13.8. The van der Waals surface area contributed by atoms with Crippen molar-refractivity contribution >= 4 is 11.6 Å². The Morgan fingerprint density at radius 1 is 1.11 bits per heavy atom. The zero-order valence-corrected chi connectivity index (χ0v) is 10.5. The van der Waals surface area contributed by atoms with Crippen LogP contribution in [0, 0.1) is 18.6 Å². The highest BCUT2D eigenvalue weighted by molar-refractivity contribution is 6.17. The molecule has 94 valence electrons. The fourth-order valence-corrected chi connectivity index (χ4v) is 1.79. The molecule has 0 unspecified atom stereocenters. The first-order valence-electron chi connectivity index (χ1n) is 5.40. The van der Waals surface area contributed by atoms with Crippen LogP contribution in [0.15, 0.2) is 36.4 Å². The number of benzene rings is 2. The lowest BCUT2D eigenvalue weighted by molar-refractivity contribution is 0.410. The van der Waals surface area contributed by atoms with Gasteiger partial charge in [0.15, 0.2) is 23.1 Å². The molecule has 4 heteroatoms. The Balaban J connectivity index is 2.43. The third-order valence-electron chi connectivity index (χ3n) is 2.56. The van der Waals surface area contributed by atoms with E-state index in [-0.39, 0.29) is 17.4 Å². The van der Waals surface area contributed by atoms with Gasteiger partial charge in [-0.3, -0.25) is 0 Å². The van der Waals surface area contributed by atoms with Gasteiger partial charge >= 0.3 is 0 Å². The van der Waals surface area contributed by atoms with Crippen LogP contribution >= 0.6 is 11.6 Å². The van der Waals surface area contributed by atoms with Gasteiger partial charge in [0.1, 0.15) is 0 Å². The van der Waals surface area contributed by atoms with E-state index in [0.717, 1.165) is 0 Å². The molecule has 0 spiro atoms. The fourth-order valence-electron chi connectivity index (χ4n) is 1.58. The van der Waals surface area contributed by atoms with Gasteiger partial charge in [-0.15, -0.1) is 11.6 Å². The van der Waals surface area contributed by atoms with Crippen LogP contribution in [0.3, 0.4) is 0 Å². The van der Waals surface area contributed by atoms with Crippen LogP contribution in [0.5, 0.6) is 11.5 Å². The molecular weight excluding hydrogens is 258 g/mol. The molecule has 0 aromatic heterocycles. The minimum absolute atomic E-state index is 0.00790. The summed E-state index contributed by atoms with van der Waals surface area (Å²) in [5, 5.41) is 0. The number of halogens is 3. The van der Waals surface area contributed by atoms with E-state index in [1.165, 1.54) is 18.2 Å². The number of rotatable bonds is 3. The first kappa shape index (κ1) is 12.8. The van der Waals surface area contributed by atoms with Gasteiger partial charge in [-0.2, -0.15) is 0 Å². The molecule has 0 fully saturated rings. The van der Waals surface area contributed by atoms with E-state index in [4.69, 9.17) is 16.3 Å². The van der Waals surface area contributed by atoms with Crippen molar-refractivity contribution in [2.75, 3.05) is 0 Å². The van der Waals surface area contributed by atoms with Crippen LogP contribution in [-0.4, -0.2) is 0 Å². The zero-order valence-electron chi connectivity index (χ0n) is 9.71. The lowest BCUT2D eigenvalue weighted by Crippen LogP contribution is -1.96. The van der Waals surface area contributed by atoms with E-state index in [1.54, 1.807) is 25.1 Å². The molecule has 0 aliphatic heterocycles. The van der Waals surface area contributed by atoms with Gasteiger partial charge in [0.25, 0.3) is 0 Å². The number of hydrogen-bond donors (Lipinski definition) is 0. The predicted molar refractivity (Wildman–Crippen MR) is 67.2 cm³/mol. The van der Waals surface area contributed by atoms with Crippen LogP contribution in [0.2, 0.25) is 0 Å². The fraction of sp³-hybridized carbons (Fsp3) is 0.143. The Morgan fingerprint density at radius 2 is 1.83 bits per heavy atom. The second-order valence-corrected chi connectivity index (χ2v) is 4.12. The number of para-hydroxylation sites is 1. The summed E-state index contributed by atoms with van der Waals surface area (Å²) in [6, 6.07) is 9.14. The Labute approximate surface area is 109 Å². The Kier molecular flexibility index (Phi) is 3.82. The first-order valence-corrected chi connectivity index (χ1v) is 5.93. The van der Waals surface area contributed by atoms with Crippen LogP contribution in [0.4, 0.5) is 8.78 Å². The van der Waals surface area contributed by atoms with Gasteiger partial charge < -0.3 is 4.74 Å². The average molecular weight is 269 g/mol. The molecule has 0 heterocycles. The predicted octanol–water partition coefficient (Wildman–Crippen LogP) is 4.80. The molecule has 0 radical (unpaired) electrons. The molecule has 1 nitrogen and oxygen atoms in total. The van der Waals surface area contributed by atoms with Gasteiger partial charge in [0.05, 0.1) is 5.88 Å². The van der Waals surface area contributed by atoms with Crippen molar-refractivity contribution < 1.29 is 13.5 Å². The second kappa shape index (κ2) is 5.36. The summed E-state index contributed by atoms with van der Waals surface area (Å²) in [4.78, 5) is 0. The van der Waals surface area contributed by atoms with E-state index < -0.39 is 11.6 Å². The summed E-state index contributed by atoms with van der Waals surface area (Å²) in [5.74, 6) is -1.00. The lowest BCUT2D eigenvalue weighted by atomic mass is 10.2. The summed E-state index contributed by atoms with van der Waals surface area (Å²) >= 11 is 5.70. The third-order valence-corrected chi connectivity index (χ3v) is 2.85. The smallest absolute Gasteiger partial charge is 0.168 e.